The number of ether oxygens (including phenoxy) is 3. The molecule has 1 fully saturated rings. The number of fused-ring (bicyclic) bond motifs is 3. The van der Waals surface area contributed by atoms with E-state index in [9.17, 15) is 9.59 Å². The zero-order chi connectivity index (χ0) is 23.2. The Balaban J connectivity index is 1.40. The average molecular weight is 457 g/mol. The standard InChI is InChI=1S/C26H23N3O5/c1-32-20-10-16(11-21-25(20)34-14-33-21)22-17-8-5-9-27-23(17)26(31)29-13-18(28-12-19(22)29)24(30)15-6-3-2-4-7-15/h2-11,18-19,22,28H,12-14H2,1H3/t18-,19+,22-/m0/s1. The molecule has 34 heavy (non-hydrogen) atoms. The number of carbonyl (C=O) groups is 2. The fraction of sp³-hybridized carbons (Fsp3) is 0.269. The van der Waals surface area contributed by atoms with Gasteiger partial charge in [0.1, 0.15) is 5.69 Å². The Morgan fingerprint density at radius 2 is 2.00 bits per heavy atom. The van der Waals surface area contributed by atoms with Gasteiger partial charge in [-0.15, -0.1) is 0 Å². The Morgan fingerprint density at radius 1 is 1.15 bits per heavy atom. The molecule has 0 saturated carbocycles. The van der Waals surface area contributed by atoms with Gasteiger partial charge in [0.2, 0.25) is 12.5 Å². The van der Waals surface area contributed by atoms with Gasteiger partial charge in [-0.25, -0.2) is 0 Å². The summed E-state index contributed by atoms with van der Waals surface area (Å²) >= 11 is 0. The van der Waals surface area contributed by atoms with Crippen molar-refractivity contribution in [1.82, 2.24) is 15.2 Å². The minimum atomic E-state index is -0.486. The van der Waals surface area contributed by atoms with Crippen LogP contribution in [0.25, 0.3) is 0 Å². The van der Waals surface area contributed by atoms with Crippen molar-refractivity contribution in [3.8, 4) is 17.2 Å². The maximum Gasteiger partial charge on any atom is 0.273 e. The summed E-state index contributed by atoms with van der Waals surface area (Å²) in [6.07, 6.45) is 1.63. The maximum atomic E-state index is 13.5. The molecule has 3 aliphatic rings. The van der Waals surface area contributed by atoms with Gasteiger partial charge in [-0.1, -0.05) is 36.4 Å². The van der Waals surface area contributed by atoms with Gasteiger partial charge in [-0.2, -0.15) is 0 Å². The highest BCUT2D eigenvalue weighted by molar-refractivity contribution is 6.02. The minimum absolute atomic E-state index is 0.0278. The fourth-order valence-electron chi connectivity index (χ4n) is 5.20. The summed E-state index contributed by atoms with van der Waals surface area (Å²) in [4.78, 5) is 32.8. The number of pyridine rings is 1. The van der Waals surface area contributed by atoms with Crippen LogP contribution in [0.1, 0.15) is 37.9 Å². The van der Waals surface area contributed by atoms with Gasteiger partial charge >= 0.3 is 0 Å². The Kier molecular flexibility index (Phi) is 4.95. The third-order valence-corrected chi connectivity index (χ3v) is 6.79. The molecule has 0 bridgehead atoms. The Morgan fingerprint density at radius 3 is 2.82 bits per heavy atom. The van der Waals surface area contributed by atoms with Crippen molar-refractivity contribution in [1.29, 1.82) is 0 Å². The highest BCUT2D eigenvalue weighted by Gasteiger charge is 2.46. The van der Waals surface area contributed by atoms with E-state index in [0.717, 1.165) is 11.1 Å². The number of hydrogen-bond acceptors (Lipinski definition) is 7. The van der Waals surface area contributed by atoms with Gasteiger partial charge in [0.15, 0.2) is 17.3 Å². The second kappa shape index (κ2) is 8.14. The first-order valence-corrected chi connectivity index (χ1v) is 11.2. The summed E-state index contributed by atoms with van der Waals surface area (Å²) in [7, 11) is 1.59. The number of nitrogens with one attached hydrogen (secondary N) is 1. The van der Waals surface area contributed by atoms with E-state index in [0.29, 0.717) is 35.1 Å². The number of carbonyl (C=O) groups excluding carboxylic acids is 2. The molecule has 8 nitrogen and oxygen atoms in total. The fourth-order valence-corrected chi connectivity index (χ4v) is 5.20. The van der Waals surface area contributed by atoms with E-state index in [-0.39, 0.29) is 37.0 Å². The highest BCUT2D eigenvalue weighted by atomic mass is 16.7. The topological polar surface area (TPSA) is 90.0 Å². The molecule has 0 unspecified atom stereocenters. The SMILES string of the molecule is COc1cc([C@H]2c3cccnc3C(=O)N3C[C@@H](C(=O)c4ccccc4)NC[C@H]23)cc2c1OCO2. The van der Waals surface area contributed by atoms with Crippen LogP contribution in [0.2, 0.25) is 0 Å². The number of nitrogens with zero attached hydrogens (tertiary/aromatic N) is 2. The third-order valence-electron chi connectivity index (χ3n) is 6.79. The summed E-state index contributed by atoms with van der Waals surface area (Å²) < 4.78 is 16.8. The molecule has 8 heteroatoms. The van der Waals surface area contributed by atoms with Gasteiger partial charge in [-0.05, 0) is 29.3 Å². The van der Waals surface area contributed by atoms with Crippen LogP contribution >= 0.6 is 0 Å². The Labute approximate surface area is 196 Å². The average Bonchev–Trinajstić information content (AvgIpc) is 3.37. The lowest BCUT2D eigenvalue weighted by Gasteiger charge is -2.47. The number of aromatic nitrogens is 1. The largest absolute Gasteiger partial charge is 0.493 e. The lowest BCUT2D eigenvalue weighted by atomic mass is 9.78. The molecule has 3 aromatic rings. The molecule has 1 amide bonds. The van der Waals surface area contributed by atoms with Gasteiger partial charge in [0.05, 0.1) is 19.2 Å². The summed E-state index contributed by atoms with van der Waals surface area (Å²) in [6.45, 7) is 0.868. The number of ketones is 1. The number of methoxy groups -OCH3 is 1. The predicted octanol–water partition coefficient (Wildman–Crippen LogP) is 2.63. The van der Waals surface area contributed by atoms with Crippen LogP contribution in [-0.4, -0.2) is 60.7 Å². The van der Waals surface area contributed by atoms with Crippen molar-refractivity contribution < 1.29 is 23.8 Å². The summed E-state index contributed by atoms with van der Waals surface area (Å²) in [5.74, 6) is 1.42. The molecule has 1 saturated heterocycles. The first-order chi connectivity index (χ1) is 16.7. The molecule has 0 radical (unpaired) electrons. The molecule has 3 atom stereocenters. The molecular weight excluding hydrogens is 434 g/mol. The molecule has 0 aliphatic carbocycles. The quantitative estimate of drug-likeness (QED) is 0.603. The molecule has 4 heterocycles. The van der Waals surface area contributed by atoms with Crippen molar-refractivity contribution in [2.24, 2.45) is 0 Å². The van der Waals surface area contributed by atoms with Gasteiger partial charge in [-0.3, -0.25) is 14.6 Å². The molecule has 172 valence electrons. The van der Waals surface area contributed by atoms with Crippen LogP contribution in [0.5, 0.6) is 17.2 Å². The highest BCUT2D eigenvalue weighted by Crippen LogP contribution is 2.47. The molecule has 1 N–H and O–H groups in total. The number of Topliss-reactive ketones (excluding diaryl/α,β-unsaturated/α-hetero) is 1. The monoisotopic (exact) mass is 457 g/mol. The van der Waals surface area contributed by atoms with Crippen molar-refractivity contribution >= 4 is 11.7 Å². The molecule has 2 aromatic carbocycles. The predicted molar refractivity (Wildman–Crippen MR) is 123 cm³/mol. The smallest absolute Gasteiger partial charge is 0.273 e. The van der Waals surface area contributed by atoms with E-state index in [1.54, 1.807) is 30.3 Å². The zero-order valence-electron chi connectivity index (χ0n) is 18.6. The summed E-state index contributed by atoms with van der Waals surface area (Å²) in [5, 5.41) is 3.40. The first-order valence-electron chi connectivity index (χ1n) is 11.2. The number of piperazine rings is 1. The van der Waals surface area contributed by atoms with Crippen LogP contribution in [-0.2, 0) is 0 Å². The second-order valence-electron chi connectivity index (χ2n) is 8.59. The van der Waals surface area contributed by atoms with Gasteiger partial charge in [0.25, 0.3) is 5.91 Å². The second-order valence-corrected chi connectivity index (χ2v) is 8.59. The zero-order valence-corrected chi connectivity index (χ0v) is 18.6. The number of amides is 1. The van der Waals surface area contributed by atoms with Gasteiger partial charge in [0, 0.05) is 30.8 Å². The molecular formula is C26H23N3O5. The van der Waals surface area contributed by atoms with Crippen LogP contribution in [0.4, 0.5) is 0 Å². The van der Waals surface area contributed by atoms with E-state index in [1.807, 2.05) is 42.5 Å². The van der Waals surface area contributed by atoms with Gasteiger partial charge < -0.3 is 24.4 Å². The van der Waals surface area contributed by atoms with Crippen molar-refractivity contribution in [2.75, 3.05) is 27.0 Å². The van der Waals surface area contributed by atoms with E-state index < -0.39 is 6.04 Å². The number of rotatable bonds is 4. The van der Waals surface area contributed by atoms with Crippen molar-refractivity contribution in [3.05, 3.63) is 83.2 Å². The normalized spacial score (nSPS) is 22.7. The Hall–Kier alpha value is -3.91. The lowest BCUT2D eigenvalue weighted by molar-refractivity contribution is 0.0498. The van der Waals surface area contributed by atoms with Crippen LogP contribution in [0, 0.1) is 0 Å². The van der Waals surface area contributed by atoms with E-state index in [2.05, 4.69) is 10.3 Å². The summed E-state index contributed by atoms with van der Waals surface area (Å²) in [6, 6.07) is 16.1. The third kappa shape index (κ3) is 3.21. The Bertz CT molecular complexity index is 1280. The molecule has 3 aliphatic heterocycles. The molecule has 6 rings (SSSR count). The van der Waals surface area contributed by atoms with E-state index in [1.165, 1.54) is 0 Å². The lowest BCUT2D eigenvalue weighted by Crippen LogP contribution is -2.64. The first kappa shape index (κ1) is 20.7. The minimum Gasteiger partial charge on any atom is -0.493 e. The van der Waals surface area contributed by atoms with Crippen LogP contribution in [0.3, 0.4) is 0 Å². The molecule has 0 spiro atoms. The van der Waals surface area contributed by atoms with Crippen LogP contribution in [0.15, 0.2) is 60.8 Å². The maximum absolute atomic E-state index is 13.5. The summed E-state index contributed by atoms with van der Waals surface area (Å²) in [5.41, 5.74) is 2.82. The van der Waals surface area contributed by atoms with E-state index >= 15 is 0 Å². The number of benzene rings is 2. The van der Waals surface area contributed by atoms with Crippen LogP contribution < -0.4 is 19.5 Å². The van der Waals surface area contributed by atoms with E-state index in [4.69, 9.17) is 14.2 Å². The van der Waals surface area contributed by atoms with Crippen molar-refractivity contribution in [2.45, 2.75) is 18.0 Å². The number of hydrogen-bond donors (Lipinski definition) is 1. The van der Waals surface area contributed by atoms with Crippen molar-refractivity contribution in [3.63, 3.8) is 0 Å². The molecule has 1 aromatic heterocycles.